The van der Waals surface area contributed by atoms with Crippen molar-refractivity contribution in [2.24, 2.45) is 0 Å². The minimum absolute atomic E-state index is 0.149. The quantitative estimate of drug-likeness (QED) is 0.782. The number of hydrogen-bond acceptors (Lipinski definition) is 1. The predicted octanol–water partition coefficient (Wildman–Crippen LogP) is 5.36. The predicted molar refractivity (Wildman–Crippen MR) is 86.2 cm³/mol. The average molecular weight is 283 g/mol. The number of aryl methyl sites for hydroxylation is 1. The van der Waals surface area contributed by atoms with Crippen molar-refractivity contribution in [3.63, 3.8) is 0 Å². The molecule has 3 rings (SSSR count). The number of nitrogens with one attached hydrogen (secondary N) is 1. The molecule has 0 heterocycles. The molecule has 0 spiro atoms. The van der Waals surface area contributed by atoms with E-state index < -0.39 is 0 Å². The van der Waals surface area contributed by atoms with Gasteiger partial charge < -0.3 is 5.32 Å². The number of hydrogen-bond donors (Lipinski definition) is 1. The fraction of sp³-hybridized carbons (Fsp3) is 0.368. The molecule has 0 aromatic heterocycles. The number of fused-ring (bicyclic) bond motifs is 1. The van der Waals surface area contributed by atoms with Gasteiger partial charge in [-0.25, -0.2) is 4.39 Å². The van der Waals surface area contributed by atoms with Gasteiger partial charge in [0, 0.05) is 5.69 Å². The highest BCUT2D eigenvalue weighted by molar-refractivity contribution is 5.49. The normalized spacial score (nSPS) is 19.9. The van der Waals surface area contributed by atoms with E-state index in [2.05, 4.69) is 43.4 Å². The molecule has 1 nitrogen and oxygen atoms in total. The van der Waals surface area contributed by atoms with Gasteiger partial charge >= 0.3 is 0 Å². The van der Waals surface area contributed by atoms with Crippen LogP contribution in [-0.4, -0.2) is 0 Å². The third-order valence-electron chi connectivity index (χ3n) is 4.64. The molecular formula is C19H22FN. The molecule has 2 aromatic rings. The Morgan fingerprint density at radius 2 is 1.90 bits per heavy atom. The van der Waals surface area contributed by atoms with Crippen molar-refractivity contribution in [1.29, 1.82) is 0 Å². The van der Waals surface area contributed by atoms with Gasteiger partial charge in [0.1, 0.15) is 5.82 Å². The highest BCUT2D eigenvalue weighted by atomic mass is 19.1. The topological polar surface area (TPSA) is 12.0 Å². The lowest BCUT2D eigenvalue weighted by molar-refractivity contribution is 0.406. The molecule has 0 radical (unpaired) electrons. The number of anilines is 1. The van der Waals surface area contributed by atoms with Crippen LogP contribution in [0.1, 0.15) is 49.4 Å². The van der Waals surface area contributed by atoms with Crippen molar-refractivity contribution in [2.45, 2.75) is 45.1 Å². The van der Waals surface area contributed by atoms with Gasteiger partial charge in [0.05, 0.1) is 6.04 Å². The highest BCUT2D eigenvalue weighted by Gasteiger charge is 2.32. The standard InChI is InChI=1S/C19H22FN/c1-13-8-9-14(12-17(13)20)21-18-10-11-19(2,3)16-7-5-4-6-15(16)18/h4-9,12,18,21H,10-11H2,1-3H3. The maximum Gasteiger partial charge on any atom is 0.128 e. The van der Waals surface area contributed by atoms with Crippen LogP contribution >= 0.6 is 0 Å². The average Bonchev–Trinajstić information content (AvgIpc) is 2.46. The summed E-state index contributed by atoms with van der Waals surface area (Å²) in [6.07, 6.45) is 2.20. The Hall–Kier alpha value is -1.83. The second-order valence-corrected chi connectivity index (χ2v) is 6.67. The van der Waals surface area contributed by atoms with E-state index in [9.17, 15) is 4.39 Å². The number of benzene rings is 2. The van der Waals surface area contributed by atoms with Gasteiger partial charge in [-0.15, -0.1) is 0 Å². The van der Waals surface area contributed by atoms with Gasteiger partial charge in [-0.1, -0.05) is 44.2 Å². The smallest absolute Gasteiger partial charge is 0.128 e. The maximum atomic E-state index is 13.7. The summed E-state index contributed by atoms with van der Waals surface area (Å²) in [4.78, 5) is 0. The zero-order chi connectivity index (χ0) is 15.0. The van der Waals surface area contributed by atoms with E-state index in [1.54, 1.807) is 13.0 Å². The van der Waals surface area contributed by atoms with Crippen LogP contribution in [0, 0.1) is 12.7 Å². The van der Waals surface area contributed by atoms with Crippen molar-refractivity contribution >= 4 is 5.69 Å². The van der Waals surface area contributed by atoms with Gasteiger partial charge in [-0.05, 0) is 54.0 Å². The Morgan fingerprint density at radius 3 is 2.67 bits per heavy atom. The lowest BCUT2D eigenvalue weighted by Gasteiger charge is -2.37. The van der Waals surface area contributed by atoms with E-state index in [4.69, 9.17) is 0 Å². The molecule has 110 valence electrons. The molecule has 21 heavy (non-hydrogen) atoms. The van der Waals surface area contributed by atoms with E-state index in [0.717, 1.165) is 18.5 Å². The zero-order valence-electron chi connectivity index (χ0n) is 12.9. The molecular weight excluding hydrogens is 261 g/mol. The lowest BCUT2D eigenvalue weighted by atomic mass is 9.71. The largest absolute Gasteiger partial charge is 0.378 e. The van der Waals surface area contributed by atoms with E-state index in [1.165, 1.54) is 11.1 Å². The van der Waals surface area contributed by atoms with Crippen molar-refractivity contribution in [3.8, 4) is 0 Å². The van der Waals surface area contributed by atoms with E-state index >= 15 is 0 Å². The first kappa shape index (κ1) is 14.1. The number of halogens is 1. The summed E-state index contributed by atoms with van der Waals surface area (Å²) >= 11 is 0. The summed E-state index contributed by atoms with van der Waals surface area (Å²) in [5, 5.41) is 3.50. The van der Waals surface area contributed by atoms with Gasteiger partial charge in [-0.3, -0.25) is 0 Å². The number of rotatable bonds is 2. The summed E-state index contributed by atoms with van der Waals surface area (Å²) in [6, 6.07) is 14.3. The van der Waals surface area contributed by atoms with Crippen molar-refractivity contribution < 1.29 is 4.39 Å². The molecule has 0 aliphatic heterocycles. The second-order valence-electron chi connectivity index (χ2n) is 6.67. The Kier molecular flexibility index (Phi) is 3.48. The van der Waals surface area contributed by atoms with E-state index in [-0.39, 0.29) is 17.3 Å². The third kappa shape index (κ3) is 2.67. The molecule has 1 N–H and O–H groups in total. The van der Waals surface area contributed by atoms with Crippen LogP contribution in [0.3, 0.4) is 0 Å². The van der Waals surface area contributed by atoms with Crippen molar-refractivity contribution in [1.82, 2.24) is 0 Å². The fourth-order valence-corrected chi connectivity index (χ4v) is 3.25. The molecule has 0 fully saturated rings. The molecule has 0 saturated heterocycles. The summed E-state index contributed by atoms with van der Waals surface area (Å²) < 4.78 is 13.7. The van der Waals surface area contributed by atoms with Crippen LogP contribution < -0.4 is 5.32 Å². The van der Waals surface area contributed by atoms with E-state index in [1.807, 2.05) is 12.1 Å². The molecule has 0 amide bonds. The summed E-state index contributed by atoms with van der Waals surface area (Å²) in [7, 11) is 0. The zero-order valence-corrected chi connectivity index (χ0v) is 12.9. The first-order valence-corrected chi connectivity index (χ1v) is 7.59. The second kappa shape index (κ2) is 5.18. The van der Waals surface area contributed by atoms with Gasteiger partial charge in [0.25, 0.3) is 0 Å². The molecule has 2 aromatic carbocycles. The lowest BCUT2D eigenvalue weighted by Crippen LogP contribution is -2.29. The van der Waals surface area contributed by atoms with Crippen LogP contribution in [0.25, 0.3) is 0 Å². The van der Waals surface area contributed by atoms with Crippen molar-refractivity contribution in [2.75, 3.05) is 5.32 Å². The summed E-state index contributed by atoms with van der Waals surface area (Å²) in [6.45, 7) is 6.39. The third-order valence-corrected chi connectivity index (χ3v) is 4.64. The molecule has 0 bridgehead atoms. The summed E-state index contributed by atoms with van der Waals surface area (Å²) in [5.74, 6) is -0.149. The molecule has 0 saturated carbocycles. The fourth-order valence-electron chi connectivity index (χ4n) is 3.25. The van der Waals surface area contributed by atoms with Crippen molar-refractivity contribution in [3.05, 3.63) is 65.0 Å². The van der Waals surface area contributed by atoms with Crippen LogP contribution in [0.5, 0.6) is 0 Å². The first-order valence-electron chi connectivity index (χ1n) is 7.59. The van der Waals surface area contributed by atoms with Crippen LogP contribution in [0.15, 0.2) is 42.5 Å². The Bertz CT molecular complexity index is 660. The Morgan fingerprint density at radius 1 is 1.14 bits per heavy atom. The SMILES string of the molecule is Cc1ccc(NC2CCC(C)(C)c3ccccc32)cc1F. The minimum Gasteiger partial charge on any atom is -0.378 e. The first-order chi connectivity index (χ1) is 9.97. The molecule has 1 atom stereocenters. The highest BCUT2D eigenvalue weighted by Crippen LogP contribution is 2.42. The maximum absolute atomic E-state index is 13.7. The van der Waals surface area contributed by atoms with Crippen LogP contribution in [-0.2, 0) is 5.41 Å². The van der Waals surface area contributed by atoms with Gasteiger partial charge in [0.15, 0.2) is 0 Å². The van der Waals surface area contributed by atoms with Crippen LogP contribution in [0.4, 0.5) is 10.1 Å². The molecule has 2 heteroatoms. The Balaban J connectivity index is 1.92. The molecule has 1 unspecified atom stereocenters. The monoisotopic (exact) mass is 283 g/mol. The molecule has 1 aliphatic rings. The minimum atomic E-state index is -0.149. The van der Waals surface area contributed by atoms with E-state index in [0.29, 0.717) is 5.56 Å². The van der Waals surface area contributed by atoms with Gasteiger partial charge in [0.2, 0.25) is 0 Å². The van der Waals surface area contributed by atoms with Gasteiger partial charge in [-0.2, -0.15) is 0 Å². The van der Waals surface area contributed by atoms with Crippen LogP contribution in [0.2, 0.25) is 0 Å². The molecule has 1 aliphatic carbocycles. The summed E-state index contributed by atoms with van der Waals surface area (Å²) in [5.41, 5.74) is 4.51. The Labute approximate surface area is 126 Å².